The molecule has 4 aromatic rings. The highest BCUT2D eigenvalue weighted by molar-refractivity contribution is 5.96. The predicted octanol–water partition coefficient (Wildman–Crippen LogP) is 4.29. The summed E-state index contributed by atoms with van der Waals surface area (Å²) in [6, 6.07) is 16.4. The third-order valence-electron chi connectivity index (χ3n) is 6.58. The van der Waals surface area contributed by atoms with E-state index in [0.717, 1.165) is 52.7 Å². The summed E-state index contributed by atoms with van der Waals surface area (Å²) in [6.07, 6.45) is 1.71. The molecule has 3 heterocycles. The molecule has 0 unspecified atom stereocenters. The number of anilines is 1. The minimum Gasteiger partial charge on any atom is -0.497 e. The van der Waals surface area contributed by atoms with Crippen molar-refractivity contribution in [1.29, 1.82) is 0 Å². The van der Waals surface area contributed by atoms with Crippen LogP contribution in [-0.4, -0.2) is 58.7 Å². The van der Waals surface area contributed by atoms with Crippen molar-refractivity contribution in [2.24, 2.45) is 0 Å². The highest BCUT2D eigenvalue weighted by Crippen LogP contribution is 2.29. The Hall–Kier alpha value is -3.87. The zero-order chi connectivity index (χ0) is 23.8. The number of aryl methyl sites for hydroxylation is 3. The van der Waals surface area contributed by atoms with Gasteiger partial charge in [0.1, 0.15) is 5.75 Å². The molecule has 0 saturated carbocycles. The van der Waals surface area contributed by atoms with Crippen molar-refractivity contribution in [2.45, 2.75) is 20.8 Å². The van der Waals surface area contributed by atoms with E-state index in [1.807, 2.05) is 47.5 Å². The van der Waals surface area contributed by atoms with E-state index in [2.05, 4.69) is 36.1 Å². The van der Waals surface area contributed by atoms with Gasteiger partial charge < -0.3 is 14.5 Å². The van der Waals surface area contributed by atoms with Crippen LogP contribution in [0.1, 0.15) is 27.3 Å². The fourth-order valence-electron chi connectivity index (χ4n) is 4.70. The number of carbonyl (C=O) groups excluding carboxylic acids is 1. The summed E-state index contributed by atoms with van der Waals surface area (Å²) in [5.41, 5.74) is 7.49. The van der Waals surface area contributed by atoms with E-state index in [0.29, 0.717) is 18.7 Å². The van der Waals surface area contributed by atoms with Crippen molar-refractivity contribution < 1.29 is 9.53 Å². The lowest BCUT2D eigenvalue weighted by Gasteiger charge is -2.36. The van der Waals surface area contributed by atoms with Crippen LogP contribution in [0.5, 0.6) is 5.75 Å². The molecule has 34 heavy (non-hydrogen) atoms. The standard InChI is InChI=1S/C27H29N5O2/c1-18-7-5-8-21(15-18)25-19(2)29-32-20(3)24(17-28-26(25)32)27(33)31-13-11-30(12-14-31)22-9-6-10-23(16-22)34-4/h5-10,15-17H,11-14H2,1-4H3. The molecule has 0 N–H and O–H groups in total. The molecule has 2 aromatic heterocycles. The lowest BCUT2D eigenvalue weighted by atomic mass is 10.0. The van der Waals surface area contributed by atoms with E-state index in [4.69, 9.17) is 14.8 Å². The number of ether oxygens (including phenoxy) is 1. The molecule has 1 aliphatic heterocycles. The number of hydrogen-bond donors (Lipinski definition) is 0. The van der Waals surface area contributed by atoms with Crippen molar-refractivity contribution in [3.8, 4) is 16.9 Å². The van der Waals surface area contributed by atoms with Crippen molar-refractivity contribution in [1.82, 2.24) is 19.5 Å². The van der Waals surface area contributed by atoms with Crippen LogP contribution in [0.3, 0.4) is 0 Å². The third kappa shape index (κ3) is 3.87. The van der Waals surface area contributed by atoms with E-state index in [9.17, 15) is 4.79 Å². The first-order valence-electron chi connectivity index (χ1n) is 11.6. The van der Waals surface area contributed by atoms with E-state index >= 15 is 0 Å². The maximum Gasteiger partial charge on any atom is 0.257 e. The molecule has 0 spiro atoms. The summed E-state index contributed by atoms with van der Waals surface area (Å²) < 4.78 is 7.16. The lowest BCUT2D eigenvalue weighted by molar-refractivity contribution is 0.0744. The number of hydrogen-bond acceptors (Lipinski definition) is 5. The van der Waals surface area contributed by atoms with Gasteiger partial charge in [-0.2, -0.15) is 5.10 Å². The maximum atomic E-state index is 13.4. The molecule has 0 bridgehead atoms. The fourth-order valence-corrected chi connectivity index (χ4v) is 4.70. The smallest absolute Gasteiger partial charge is 0.257 e. The number of rotatable bonds is 4. The number of benzene rings is 2. The zero-order valence-corrected chi connectivity index (χ0v) is 20.1. The first-order valence-corrected chi connectivity index (χ1v) is 11.6. The highest BCUT2D eigenvalue weighted by atomic mass is 16.5. The normalized spacial score (nSPS) is 14.0. The Balaban J connectivity index is 1.38. The highest BCUT2D eigenvalue weighted by Gasteiger charge is 2.26. The van der Waals surface area contributed by atoms with Gasteiger partial charge in [-0.05, 0) is 38.5 Å². The Labute approximate surface area is 199 Å². The second-order valence-corrected chi connectivity index (χ2v) is 8.80. The predicted molar refractivity (Wildman–Crippen MR) is 134 cm³/mol. The van der Waals surface area contributed by atoms with E-state index in [1.165, 1.54) is 5.56 Å². The molecule has 1 aliphatic rings. The molecule has 5 rings (SSSR count). The van der Waals surface area contributed by atoms with Gasteiger partial charge in [-0.25, -0.2) is 9.50 Å². The van der Waals surface area contributed by atoms with E-state index in [1.54, 1.807) is 13.3 Å². The van der Waals surface area contributed by atoms with Crippen molar-refractivity contribution >= 4 is 17.2 Å². The van der Waals surface area contributed by atoms with Gasteiger partial charge in [0.25, 0.3) is 5.91 Å². The minimum absolute atomic E-state index is 0.00227. The molecule has 7 nitrogen and oxygen atoms in total. The summed E-state index contributed by atoms with van der Waals surface area (Å²) in [4.78, 5) is 22.3. The Morgan fingerprint density at radius 2 is 1.74 bits per heavy atom. The van der Waals surface area contributed by atoms with Crippen molar-refractivity contribution in [3.05, 3.63) is 77.2 Å². The van der Waals surface area contributed by atoms with Gasteiger partial charge in [-0.3, -0.25) is 4.79 Å². The molecule has 0 radical (unpaired) electrons. The molecule has 0 aliphatic carbocycles. The van der Waals surface area contributed by atoms with E-state index < -0.39 is 0 Å². The van der Waals surface area contributed by atoms with Crippen molar-refractivity contribution in [3.63, 3.8) is 0 Å². The Kier molecular flexibility index (Phi) is 5.69. The maximum absolute atomic E-state index is 13.4. The molecule has 7 heteroatoms. The van der Waals surface area contributed by atoms with Gasteiger partial charge in [0, 0.05) is 49.7 Å². The average molecular weight is 456 g/mol. The zero-order valence-electron chi connectivity index (χ0n) is 20.1. The Morgan fingerprint density at radius 3 is 2.47 bits per heavy atom. The second kappa shape index (κ2) is 8.82. The van der Waals surface area contributed by atoms with Gasteiger partial charge in [-0.15, -0.1) is 0 Å². The molecule has 1 saturated heterocycles. The summed E-state index contributed by atoms with van der Waals surface area (Å²) in [6.45, 7) is 8.86. The van der Waals surface area contributed by atoms with Gasteiger partial charge in [0.05, 0.1) is 24.1 Å². The minimum atomic E-state index is 0.00227. The summed E-state index contributed by atoms with van der Waals surface area (Å²) in [5, 5.41) is 4.74. The number of methoxy groups -OCH3 is 1. The van der Waals surface area contributed by atoms with Crippen LogP contribution in [0.2, 0.25) is 0 Å². The van der Waals surface area contributed by atoms with Gasteiger partial charge in [-0.1, -0.05) is 35.9 Å². The molecule has 2 aromatic carbocycles. The SMILES string of the molecule is COc1cccc(N2CCN(C(=O)c3cnc4c(-c5cccc(C)c5)c(C)nn4c3C)CC2)c1. The first-order chi connectivity index (χ1) is 16.5. The summed E-state index contributed by atoms with van der Waals surface area (Å²) in [7, 11) is 1.67. The number of aromatic nitrogens is 3. The van der Waals surface area contributed by atoms with Crippen LogP contribution in [-0.2, 0) is 0 Å². The van der Waals surface area contributed by atoms with Crippen LogP contribution >= 0.6 is 0 Å². The lowest BCUT2D eigenvalue weighted by Crippen LogP contribution is -2.49. The van der Waals surface area contributed by atoms with Crippen LogP contribution in [0.15, 0.2) is 54.7 Å². The quantitative estimate of drug-likeness (QED) is 0.459. The van der Waals surface area contributed by atoms with Crippen molar-refractivity contribution in [2.75, 3.05) is 38.2 Å². The Morgan fingerprint density at radius 1 is 0.971 bits per heavy atom. The van der Waals surface area contributed by atoms with Crippen LogP contribution in [0.25, 0.3) is 16.8 Å². The Bertz CT molecular complexity index is 1370. The summed E-state index contributed by atoms with van der Waals surface area (Å²) >= 11 is 0. The molecule has 1 fully saturated rings. The molecule has 0 atom stereocenters. The molecule has 1 amide bonds. The van der Waals surface area contributed by atoms with Crippen LogP contribution in [0.4, 0.5) is 5.69 Å². The average Bonchev–Trinajstić information content (AvgIpc) is 3.21. The number of carbonyl (C=O) groups is 1. The largest absolute Gasteiger partial charge is 0.497 e. The second-order valence-electron chi connectivity index (χ2n) is 8.80. The van der Waals surface area contributed by atoms with E-state index in [-0.39, 0.29) is 5.91 Å². The third-order valence-corrected chi connectivity index (χ3v) is 6.58. The molecular weight excluding hydrogens is 426 g/mol. The topological polar surface area (TPSA) is 63.0 Å². The summed E-state index contributed by atoms with van der Waals surface area (Å²) in [5.74, 6) is 0.841. The van der Waals surface area contributed by atoms with Crippen LogP contribution < -0.4 is 9.64 Å². The number of nitrogens with zero attached hydrogens (tertiary/aromatic N) is 5. The van der Waals surface area contributed by atoms with Crippen LogP contribution in [0, 0.1) is 20.8 Å². The molecule has 174 valence electrons. The fraction of sp³-hybridized carbons (Fsp3) is 0.296. The number of fused-ring (bicyclic) bond motifs is 1. The van der Waals surface area contributed by atoms with Gasteiger partial charge >= 0.3 is 0 Å². The monoisotopic (exact) mass is 455 g/mol. The van der Waals surface area contributed by atoms with Gasteiger partial charge in [0.2, 0.25) is 0 Å². The van der Waals surface area contributed by atoms with Gasteiger partial charge in [0.15, 0.2) is 5.65 Å². The molecular formula is C27H29N5O2. The number of piperazine rings is 1. The first kappa shape index (κ1) is 21.9. The number of amides is 1.